The number of hydrogen-bond donors (Lipinski definition) is 3. The fourth-order valence-corrected chi connectivity index (χ4v) is 4.92. The predicted octanol–water partition coefficient (Wildman–Crippen LogP) is 2.78. The molecule has 1 aromatic heterocycles. The standard InChI is InChI=1S/C25H26N4O4S/c1-3-23(30)27-15-16-5-4-6-18(13-16)19-7-8-20(25(26)31)24-21(19)14-22(28-24)17-9-11-29(12-10-17)34(2,32)33/h3-9,13-14,28H,1,10-12,15H2,2H3,(H2,26,31)(H,27,30). The largest absolute Gasteiger partial charge is 0.366 e. The number of nitrogens with one attached hydrogen (secondary N) is 2. The third kappa shape index (κ3) is 4.80. The summed E-state index contributed by atoms with van der Waals surface area (Å²) in [6, 6.07) is 13.3. The number of nitrogens with zero attached hydrogens (tertiary/aromatic N) is 1. The quantitative estimate of drug-likeness (QED) is 0.452. The van der Waals surface area contributed by atoms with E-state index in [1.165, 1.54) is 16.6 Å². The predicted molar refractivity (Wildman–Crippen MR) is 133 cm³/mol. The third-order valence-corrected chi connectivity index (χ3v) is 7.21. The Hall–Kier alpha value is -3.69. The van der Waals surface area contributed by atoms with Gasteiger partial charge in [-0.15, -0.1) is 0 Å². The van der Waals surface area contributed by atoms with Crippen molar-refractivity contribution in [2.24, 2.45) is 5.73 Å². The molecule has 0 saturated heterocycles. The molecule has 4 N–H and O–H groups in total. The van der Waals surface area contributed by atoms with Crippen LogP contribution in [0.5, 0.6) is 0 Å². The van der Waals surface area contributed by atoms with Crippen LogP contribution in [-0.4, -0.2) is 48.9 Å². The van der Waals surface area contributed by atoms with E-state index in [4.69, 9.17) is 5.73 Å². The lowest BCUT2D eigenvalue weighted by atomic mass is 9.97. The first-order valence-electron chi connectivity index (χ1n) is 10.8. The molecule has 4 rings (SSSR count). The van der Waals surface area contributed by atoms with Crippen molar-refractivity contribution >= 4 is 38.3 Å². The molecule has 0 saturated carbocycles. The summed E-state index contributed by atoms with van der Waals surface area (Å²) >= 11 is 0. The van der Waals surface area contributed by atoms with Gasteiger partial charge in [-0.05, 0) is 53.0 Å². The van der Waals surface area contributed by atoms with E-state index in [9.17, 15) is 18.0 Å². The number of carbonyl (C=O) groups excluding carboxylic acids is 2. The van der Waals surface area contributed by atoms with E-state index in [0.717, 1.165) is 33.3 Å². The fraction of sp³-hybridized carbons (Fsp3) is 0.200. The Kier molecular flexibility index (Phi) is 6.41. The van der Waals surface area contributed by atoms with Crippen molar-refractivity contribution in [2.75, 3.05) is 19.3 Å². The van der Waals surface area contributed by atoms with Crippen LogP contribution >= 0.6 is 0 Å². The average molecular weight is 479 g/mol. The van der Waals surface area contributed by atoms with Crippen molar-refractivity contribution in [3.05, 3.63) is 78.0 Å². The van der Waals surface area contributed by atoms with Gasteiger partial charge in [-0.25, -0.2) is 8.42 Å². The van der Waals surface area contributed by atoms with Gasteiger partial charge in [-0.3, -0.25) is 9.59 Å². The second-order valence-electron chi connectivity index (χ2n) is 8.22. The molecule has 2 heterocycles. The molecule has 2 aromatic carbocycles. The molecule has 0 bridgehead atoms. The van der Waals surface area contributed by atoms with Crippen molar-refractivity contribution in [3.8, 4) is 11.1 Å². The number of fused-ring (bicyclic) bond motifs is 1. The van der Waals surface area contributed by atoms with Gasteiger partial charge in [-0.2, -0.15) is 4.31 Å². The highest BCUT2D eigenvalue weighted by Crippen LogP contribution is 2.34. The molecule has 34 heavy (non-hydrogen) atoms. The minimum Gasteiger partial charge on any atom is -0.366 e. The van der Waals surface area contributed by atoms with Crippen LogP contribution in [0.1, 0.15) is 28.0 Å². The first-order chi connectivity index (χ1) is 16.2. The van der Waals surface area contributed by atoms with Gasteiger partial charge in [0, 0.05) is 30.7 Å². The van der Waals surface area contributed by atoms with Gasteiger partial charge in [0.2, 0.25) is 15.9 Å². The van der Waals surface area contributed by atoms with Crippen LogP contribution in [0.4, 0.5) is 0 Å². The molecule has 0 spiro atoms. The minimum atomic E-state index is -3.25. The Balaban J connectivity index is 1.75. The smallest absolute Gasteiger partial charge is 0.250 e. The van der Waals surface area contributed by atoms with Gasteiger partial charge in [0.1, 0.15) is 0 Å². The number of H-pyrrole nitrogens is 1. The van der Waals surface area contributed by atoms with Gasteiger partial charge in [0.15, 0.2) is 0 Å². The van der Waals surface area contributed by atoms with Crippen molar-refractivity contribution in [2.45, 2.75) is 13.0 Å². The van der Waals surface area contributed by atoms with Gasteiger partial charge in [0.05, 0.1) is 17.3 Å². The number of sulfonamides is 1. The molecule has 0 radical (unpaired) electrons. The maximum atomic E-state index is 12.1. The highest BCUT2D eigenvalue weighted by molar-refractivity contribution is 7.88. The SMILES string of the molecule is C=CC(=O)NCc1cccc(-c2ccc(C(N)=O)c3[nH]c(C4=CCN(S(C)(=O)=O)CC4)cc23)c1. The van der Waals surface area contributed by atoms with Crippen LogP contribution < -0.4 is 11.1 Å². The first-order valence-corrected chi connectivity index (χ1v) is 12.6. The van der Waals surface area contributed by atoms with E-state index in [1.54, 1.807) is 6.07 Å². The van der Waals surface area contributed by atoms with Gasteiger partial charge in [0.25, 0.3) is 5.91 Å². The summed E-state index contributed by atoms with van der Waals surface area (Å²) in [7, 11) is -3.25. The summed E-state index contributed by atoms with van der Waals surface area (Å²) in [5.74, 6) is -0.782. The lowest BCUT2D eigenvalue weighted by molar-refractivity contribution is -0.116. The maximum Gasteiger partial charge on any atom is 0.250 e. The van der Waals surface area contributed by atoms with Crippen LogP contribution in [0.2, 0.25) is 0 Å². The Bertz CT molecular complexity index is 1440. The Morgan fingerprint density at radius 3 is 2.68 bits per heavy atom. The van der Waals surface area contributed by atoms with Crippen LogP contribution in [0.25, 0.3) is 27.6 Å². The Morgan fingerprint density at radius 1 is 1.24 bits per heavy atom. The summed E-state index contributed by atoms with van der Waals surface area (Å²) in [6.07, 6.45) is 4.88. The molecular weight excluding hydrogens is 452 g/mol. The molecule has 0 aliphatic carbocycles. The molecule has 2 amide bonds. The Morgan fingerprint density at radius 2 is 2.03 bits per heavy atom. The van der Waals surface area contributed by atoms with E-state index in [2.05, 4.69) is 16.9 Å². The van der Waals surface area contributed by atoms with Crippen molar-refractivity contribution in [1.29, 1.82) is 0 Å². The normalized spacial score (nSPS) is 14.6. The highest BCUT2D eigenvalue weighted by atomic mass is 32.2. The van der Waals surface area contributed by atoms with Crippen LogP contribution in [0.3, 0.4) is 0 Å². The molecule has 3 aromatic rings. The lowest BCUT2D eigenvalue weighted by Gasteiger charge is -2.23. The molecular formula is C25H26N4O4S. The number of aromatic nitrogens is 1. The van der Waals surface area contributed by atoms with Crippen LogP contribution in [0, 0.1) is 0 Å². The number of amides is 2. The molecule has 176 valence electrons. The number of benzene rings is 2. The second-order valence-corrected chi connectivity index (χ2v) is 10.2. The van der Waals surface area contributed by atoms with E-state index in [1.807, 2.05) is 42.5 Å². The number of carbonyl (C=O) groups is 2. The maximum absolute atomic E-state index is 12.1. The highest BCUT2D eigenvalue weighted by Gasteiger charge is 2.22. The third-order valence-electron chi connectivity index (χ3n) is 5.94. The zero-order valence-electron chi connectivity index (χ0n) is 18.8. The van der Waals surface area contributed by atoms with Crippen LogP contribution in [0.15, 0.2) is 61.2 Å². The van der Waals surface area contributed by atoms with Gasteiger partial charge < -0.3 is 16.0 Å². The van der Waals surface area contributed by atoms with Crippen molar-refractivity contribution in [3.63, 3.8) is 0 Å². The first kappa shape index (κ1) is 23.5. The zero-order chi connectivity index (χ0) is 24.5. The summed E-state index contributed by atoms with van der Waals surface area (Å²) in [6.45, 7) is 4.53. The van der Waals surface area contributed by atoms with E-state index >= 15 is 0 Å². The van der Waals surface area contributed by atoms with Crippen molar-refractivity contribution in [1.82, 2.24) is 14.6 Å². The summed E-state index contributed by atoms with van der Waals surface area (Å²) < 4.78 is 25.1. The molecule has 0 unspecified atom stereocenters. The van der Waals surface area contributed by atoms with Gasteiger partial charge >= 0.3 is 0 Å². The molecule has 9 heteroatoms. The van der Waals surface area contributed by atoms with E-state index in [0.29, 0.717) is 37.1 Å². The number of hydrogen-bond acceptors (Lipinski definition) is 4. The van der Waals surface area contributed by atoms with E-state index in [-0.39, 0.29) is 5.91 Å². The number of aromatic amines is 1. The van der Waals surface area contributed by atoms with E-state index < -0.39 is 15.9 Å². The van der Waals surface area contributed by atoms with Crippen molar-refractivity contribution < 1.29 is 18.0 Å². The Labute approximate surface area is 198 Å². The minimum absolute atomic E-state index is 0.246. The van der Waals surface area contributed by atoms with Crippen LogP contribution in [-0.2, 0) is 21.4 Å². The molecule has 0 fully saturated rings. The lowest BCUT2D eigenvalue weighted by Crippen LogP contribution is -2.33. The molecule has 0 atom stereocenters. The summed E-state index contributed by atoms with van der Waals surface area (Å²) in [4.78, 5) is 27.0. The molecule has 8 nitrogen and oxygen atoms in total. The summed E-state index contributed by atoms with van der Waals surface area (Å²) in [5, 5.41) is 3.61. The fourth-order valence-electron chi connectivity index (χ4n) is 4.16. The molecule has 1 aliphatic rings. The number of primary amides is 1. The number of nitrogens with two attached hydrogens (primary N) is 1. The second kappa shape index (κ2) is 9.28. The average Bonchev–Trinajstić information content (AvgIpc) is 3.27. The zero-order valence-corrected chi connectivity index (χ0v) is 19.6. The molecule has 1 aliphatic heterocycles. The number of rotatable bonds is 7. The summed E-state index contributed by atoms with van der Waals surface area (Å²) in [5.41, 5.74) is 11.2. The monoisotopic (exact) mass is 478 g/mol. The van der Waals surface area contributed by atoms with Gasteiger partial charge in [-0.1, -0.05) is 36.9 Å². The topological polar surface area (TPSA) is 125 Å².